The van der Waals surface area contributed by atoms with Crippen LogP contribution < -0.4 is 5.73 Å². The Morgan fingerprint density at radius 1 is 1.21 bits per heavy atom. The lowest BCUT2D eigenvalue weighted by Crippen LogP contribution is -2.28. The van der Waals surface area contributed by atoms with Crippen LogP contribution in [0.4, 0.5) is 0 Å². The lowest BCUT2D eigenvalue weighted by atomic mass is 9.83. The first-order chi connectivity index (χ1) is 9.04. The van der Waals surface area contributed by atoms with Crippen LogP contribution in [-0.4, -0.2) is 16.6 Å². The predicted octanol–water partition coefficient (Wildman–Crippen LogP) is 2.40. The van der Waals surface area contributed by atoms with E-state index in [2.05, 4.69) is 18.8 Å². The zero-order valence-electron chi connectivity index (χ0n) is 11.4. The molecule has 2 aromatic rings. The standard InChI is InChI=1S/C16H20N2O/c1-16(2,11-17)14-7-3-5-12(9-14)15(19)13-6-4-8-18-10-13/h3-10,15,19H,11,17H2,1-2H3. The highest BCUT2D eigenvalue weighted by molar-refractivity contribution is 5.34. The molecule has 19 heavy (non-hydrogen) atoms. The smallest absolute Gasteiger partial charge is 0.106 e. The number of aliphatic hydroxyl groups is 1. The summed E-state index contributed by atoms with van der Waals surface area (Å²) >= 11 is 0. The van der Waals surface area contributed by atoms with Crippen LogP contribution in [0.1, 0.15) is 36.6 Å². The van der Waals surface area contributed by atoms with Crippen LogP contribution in [0, 0.1) is 0 Å². The maximum Gasteiger partial charge on any atom is 0.106 e. The van der Waals surface area contributed by atoms with Crippen LogP contribution in [0.5, 0.6) is 0 Å². The van der Waals surface area contributed by atoms with E-state index in [9.17, 15) is 5.11 Å². The van der Waals surface area contributed by atoms with Gasteiger partial charge in [0, 0.05) is 29.9 Å². The van der Waals surface area contributed by atoms with E-state index in [1.165, 1.54) is 0 Å². The third-order valence-electron chi connectivity index (χ3n) is 3.49. The average molecular weight is 256 g/mol. The molecular formula is C16H20N2O. The number of aromatic nitrogens is 1. The van der Waals surface area contributed by atoms with Crippen molar-refractivity contribution >= 4 is 0 Å². The normalized spacial score (nSPS) is 13.3. The number of nitrogens with zero attached hydrogens (tertiary/aromatic N) is 1. The van der Waals surface area contributed by atoms with Crippen LogP contribution in [0.25, 0.3) is 0 Å². The fourth-order valence-corrected chi connectivity index (χ4v) is 1.98. The van der Waals surface area contributed by atoms with E-state index in [0.717, 1.165) is 16.7 Å². The molecule has 0 bridgehead atoms. The molecule has 0 aliphatic heterocycles. The SMILES string of the molecule is CC(C)(CN)c1cccc(C(O)c2cccnc2)c1. The molecule has 0 aliphatic rings. The fraction of sp³-hybridized carbons (Fsp3) is 0.312. The molecule has 0 amide bonds. The highest BCUT2D eigenvalue weighted by Crippen LogP contribution is 2.27. The summed E-state index contributed by atoms with van der Waals surface area (Å²) in [5, 5.41) is 10.4. The molecule has 3 nitrogen and oxygen atoms in total. The quantitative estimate of drug-likeness (QED) is 0.883. The third kappa shape index (κ3) is 3.00. The van der Waals surface area contributed by atoms with Gasteiger partial charge in [-0.05, 0) is 17.2 Å². The van der Waals surface area contributed by atoms with Crippen molar-refractivity contribution in [2.75, 3.05) is 6.54 Å². The molecule has 0 aliphatic carbocycles. The van der Waals surface area contributed by atoms with E-state index in [-0.39, 0.29) is 5.41 Å². The van der Waals surface area contributed by atoms with Crippen LogP contribution >= 0.6 is 0 Å². The first-order valence-electron chi connectivity index (χ1n) is 6.43. The number of pyridine rings is 1. The summed E-state index contributed by atoms with van der Waals surface area (Å²) in [6.45, 7) is 4.77. The minimum absolute atomic E-state index is 0.0926. The van der Waals surface area contributed by atoms with Gasteiger partial charge in [-0.2, -0.15) is 0 Å². The Labute approximate surface area is 114 Å². The average Bonchev–Trinajstić information content (AvgIpc) is 2.47. The van der Waals surface area contributed by atoms with Crippen molar-refractivity contribution < 1.29 is 5.11 Å². The van der Waals surface area contributed by atoms with Crippen molar-refractivity contribution in [3.8, 4) is 0 Å². The third-order valence-corrected chi connectivity index (χ3v) is 3.49. The molecule has 0 radical (unpaired) electrons. The molecule has 1 unspecified atom stereocenters. The van der Waals surface area contributed by atoms with Gasteiger partial charge in [0.05, 0.1) is 0 Å². The van der Waals surface area contributed by atoms with Gasteiger partial charge in [0.1, 0.15) is 6.10 Å². The summed E-state index contributed by atoms with van der Waals surface area (Å²) < 4.78 is 0. The minimum atomic E-state index is -0.651. The Kier molecular flexibility index (Phi) is 3.98. The first-order valence-corrected chi connectivity index (χ1v) is 6.43. The molecule has 1 aromatic heterocycles. The predicted molar refractivity (Wildman–Crippen MR) is 76.8 cm³/mol. The molecule has 1 atom stereocenters. The Bertz CT molecular complexity index is 537. The maximum atomic E-state index is 10.4. The van der Waals surface area contributed by atoms with Crippen molar-refractivity contribution in [1.82, 2.24) is 4.98 Å². The number of benzene rings is 1. The largest absolute Gasteiger partial charge is 0.384 e. The van der Waals surface area contributed by atoms with Crippen LogP contribution in [0.2, 0.25) is 0 Å². The Morgan fingerprint density at radius 2 is 1.95 bits per heavy atom. The van der Waals surface area contributed by atoms with Crippen LogP contribution in [-0.2, 0) is 5.41 Å². The highest BCUT2D eigenvalue weighted by atomic mass is 16.3. The second kappa shape index (κ2) is 5.51. The summed E-state index contributed by atoms with van der Waals surface area (Å²) in [4.78, 5) is 4.04. The van der Waals surface area contributed by atoms with Crippen molar-refractivity contribution in [2.24, 2.45) is 5.73 Å². The van der Waals surface area contributed by atoms with Crippen molar-refractivity contribution in [1.29, 1.82) is 0 Å². The van der Waals surface area contributed by atoms with Crippen molar-refractivity contribution in [2.45, 2.75) is 25.4 Å². The van der Waals surface area contributed by atoms with Gasteiger partial charge < -0.3 is 10.8 Å². The highest BCUT2D eigenvalue weighted by Gasteiger charge is 2.20. The summed E-state index contributed by atoms with van der Waals surface area (Å²) in [5.41, 5.74) is 8.51. The Hall–Kier alpha value is -1.71. The van der Waals surface area contributed by atoms with Gasteiger partial charge in [-0.15, -0.1) is 0 Å². The van der Waals surface area contributed by atoms with Crippen molar-refractivity contribution in [3.63, 3.8) is 0 Å². The van der Waals surface area contributed by atoms with E-state index >= 15 is 0 Å². The molecule has 100 valence electrons. The molecule has 0 fully saturated rings. The summed E-state index contributed by atoms with van der Waals surface area (Å²) in [7, 11) is 0. The molecule has 1 aromatic carbocycles. The lowest BCUT2D eigenvalue weighted by molar-refractivity contribution is 0.219. The Morgan fingerprint density at radius 3 is 2.58 bits per heavy atom. The molecule has 0 spiro atoms. The number of nitrogens with two attached hydrogens (primary N) is 1. The first kappa shape index (κ1) is 13.7. The van der Waals surface area contributed by atoms with Gasteiger partial charge in [-0.3, -0.25) is 4.98 Å². The lowest BCUT2D eigenvalue weighted by Gasteiger charge is -2.24. The zero-order chi connectivity index (χ0) is 13.9. The molecule has 3 N–H and O–H groups in total. The minimum Gasteiger partial charge on any atom is -0.384 e. The summed E-state index contributed by atoms with van der Waals surface area (Å²) in [6, 6.07) is 11.6. The van der Waals surface area contributed by atoms with Crippen LogP contribution in [0.3, 0.4) is 0 Å². The Balaban J connectivity index is 2.34. The van der Waals surface area contributed by atoms with Gasteiger partial charge >= 0.3 is 0 Å². The van der Waals surface area contributed by atoms with Gasteiger partial charge in [0.2, 0.25) is 0 Å². The summed E-state index contributed by atoms with van der Waals surface area (Å²) in [5.74, 6) is 0. The number of aliphatic hydroxyl groups excluding tert-OH is 1. The number of hydrogen-bond donors (Lipinski definition) is 2. The van der Waals surface area contributed by atoms with Crippen molar-refractivity contribution in [3.05, 3.63) is 65.5 Å². The molecule has 3 heteroatoms. The fourth-order valence-electron chi connectivity index (χ4n) is 1.98. The van der Waals surface area contributed by atoms with Crippen LogP contribution in [0.15, 0.2) is 48.8 Å². The summed E-state index contributed by atoms with van der Waals surface area (Å²) in [6.07, 6.45) is 2.73. The maximum absolute atomic E-state index is 10.4. The molecule has 1 heterocycles. The molecule has 0 saturated carbocycles. The van der Waals surface area contributed by atoms with E-state index in [4.69, 9.17) is 5.73 Å². The van der Waals surface area contributed by atoms with E-state index in [1.54, 1.807) is 12.4 Å². The van der Waals surface area contributed by atoms with Gasteiger partial charge in [0.15, 0.2) is 0 Å². The molecule has 0 saturated heterocycles. The van der Waals surface area contributed by atoms with E-state index < -0.39 is 6.10 Å². The van der Waals surface area contributed by atoms with E-state index in [1.807, 2.05) is 36.4 Å². The topological polar surface area (TPSA) is 59.1 Å². The molecular weight excluding hydrogens is 236 g/mol. The zero-order valence-corrected chi connectivity index (χ0v) is 11.4. The second-order valence-electron chi connectivity index (χ2n) is 5.40. The number of rotatable bonds is 4. The van der Waals surface area contributed by atoms with E-state index in [0.29, 0.717) is 6.54 Å². The second-order valence-corrected chi connectivity index (χ2v) is 5.40. The molecule has 2 rings (SSSR count). The monoisotopic (exact) mass is 256 g/mol. The van der Waals surface area contributed by atoms with Gasteiger partial charge in [-0.1, -0.05) is 44.2 Å². The van der Waals surface area contributed by atoms with Gasteiger partial charge in [-0.25, -0.2) is 0 Å². The number of hydrogen-bond acceptors (Lipinski definition) is 3. The van der Waals surface area contributed by atoms with Gasteiger partial charge in [0.25, 0.3) is 0 Å².